The number of nitrogens with zero attached hydrogens (tertiary/aromatic N) is 1. The van der Waals surface area contributed by atoms with Gasteiger partial charge in [-0.15, -0.1) is 0 Å². The van der Waals surface area contributed by atoms with E-state index in [4.69, 9.17) is 0 Å². The summed E-state index contributed by atoms with van der Waals surface area (Å²) >= 11 is 0. The van der Waals surface area contributed by atoms with Crippen molar-refractivity contribution in [2.75, 3.05) is 6.54 Å². The molecule has 0 aromatic rings. The fraction of sp³-hybridized carbons (Fsp3) is 0.938. The van der Waals surface area contributed by atoms with Crippen LogP contribution in [0.5, 0.6) is 0 Å². The molecule has 1 amide bonds. The Morgan fingerprint density at radius 3 is 2.53 bits per heavy atom. The van der Waals surface area contributed by atoms with Gasteiger partial charge in [0.15, 0.2) is 0 Å². The van der Waals surface area contributed by atoms with Gasteiger partial charge >= 0.3 is 0 Å². The summed E-state index contributed by atoms with van der Waals surface area (Å²) < 4.78 is 0. The van der Waals surface area contributed by atoms with E-state index in [1.165, 1.54) is 25.7 Å². The zero-order chi connectivity index (χ0) is 13.6. The van der Waals surface area contributed by atoms with E-state index in [1.807, 2.05) is 0 Å². The molecule has 0 bridgehead atoms. The summed E-state index contributed by atoms with van der Waals surface area (Å²) in [5, 5.41) is 3.58. The number of hydrogen-bond donors (Lipinski definition) is 1. The van der Waals surface area contributed by atoms with E-state index in [2.05, 4.69) is 31.0 Å². The zero-order valence-corrected chi connectivity index (χ0v) is 12.6. The molecule has 0 radical (unpaired) electrons. The Kier molecular flexibility index (Phi) is 3.36. The lowest BCUT2D eigenvalue weighted by Crippen LogP contribution is -2.44. The third kappa shape index (κ3) is 2.42. The van der Waals surface area contributed by atoms with Crippen LogP contribution in [0.1, 0.15) is 59.3 Å². The Morgan fingerprint density at radius 1 is 1.37 bits per heavy atom. The van der Waals surface area contributed by atoms with Crippen molar-refractivity contribution >= 4 is 5.91 Å². The third-order valence-electron chi connectivity index (χ3n) is 5.32. The van der Waals surface area contributed by atoms with Gasteiger partial charge in [0.05, 0.1) is 12.2 Å². The second kappa shape index (κ2) is 4.76. The molecule has 3 nitrogen and oxygen atoms in total. The molecule has 108 valence electrons. The first-order chi connectivity index (χ1) is 9.07. The van der Waals surface area contributed by atoms with Crippen LogP contribution in [0.2, 0.25) is 0 Å². The molecular formula is C16H28N2O. The van der Waals surface area contributed by atoms with Crippen LogP contribution < -0.4 is 5.32 Å². The summed E-state index contributed by atoms with van der Waals surface area (Å²) in [6.07, 6.45) is 7.83. The van der Waals surface area contributed by atoms with Gasteiger partial charge in [0.2, 0.25) is 5.91 Å². The molecule has 3 heteroatoms. The van der Waals surface area contributed by atoms with Crippen molar-refractivity contribution in [1.29, 1.82) is 0 Å². The monoisotopic (exact) mass is 264 g/mol. The molecule has 2 atom stereocenters. The average molecular weight is 264 g/mol. The minimum absolute atomic E-state index is 0.0763. The number of hydrogen-bond acceptors (Lipinski definition) is 2. The van der Waals surface area contributed by atoms with Gasteiger partial charge in [0.25, 0.3) is 0 Å². The number of rotatable bonds is 6. The van der Waals surface area contributed by atoms with E-state index in [9.17, 15) is 4.79 Å². The average Bonchev–Trinajstić information content (AvgIpc) is 3.24. The highest BCUT2D eigenvalue weighted by molar-refractivity contribution is 5.84. The van der Waals surface area contributed by atoms with E-state index in [0.29, 0.717) is 17.2 Å². The molecule has 0 aromatic carbocycles. The van der Waals surface area contributed by atoms with Gasteiger partial charge in [0.1, 0.15) is 0 Å². The van der Waals surface area contributed by atoms with Crippen LogP contribution in [0, 0.1) is 17.3 Å². The summed E-state index contributed by atoms with van der Waals surface area (Å²) in [5.41, 5.74) is 0.519. The van der Waals surface area contributed by atoms with E-state index in [1.54, 1.807) is 0 Å². The quantitative estimate of drug-likeness (QED) is 0.800. The highest BCUT2D eigenvalue weighted by Crippen LogP contribution is 2.61. The number of carbonyl (C=O) groups is 1. The maximum atomic E-state index is 12.6. The topological polar surface area (TPSA) is 32.3 Å². The lowest BCUT2D eigenvalue weighted by atomic mass is 9.98. The predicted octanol–water partition coefficient (Wildman–Crippen LogP) is 2.76. The van der Waals surface area contributed by atoms with Crippen LogP contribution in [-0.4, -0.2) is 29.6 Å². The molecule has 3 fully saturated rings. The molecule has 19 heavy (non-hydrogen) atoms. The van der Waals surface area contributed by atoms with Crippen molar-refractivity contribution in [2.24, 2.45) is 17.3 Å². The molecule has 0 aromatic heterocycles. The molecule has 1 saturated heterocycles. The lowest BCUT2D eigenvalue weighted by molar-refractivity contribution is -0.131. The van der Waals surface area contributed by atoms with E-state index < -0.39 is 0 Å². The summed E-state index contributed by atoms with van der Waals surface area (Å²) in [7, 11) is 0. The maximum Gasteiger partial charge on any atom is 0.241 e. The van der Waals surface area contributed by atoms with Crippen molar-refractivity contribution in [3.8, 4) is 0 Å². The fourth-order valence-electron chi connectivity index (χ4n) is 3.82. The summed E-state index contributed by atoms with van der Waals surface area (Å²) in [4.78, 5) is 14.8. The first-order valence-corrected chi connectivity index (χ1v) is 8.14. The van der Waals surface area contributed by atoms with Gasteiger partial charge in [-0.3, -0.25) is 10.1 Å². The third-order valence-corrected chi connectivity index (χ3v) is 5.32. The van der Waals surface area contributed by atoms with Crippen LogP contribution in [0.25, 0.3) is 0 Å². The molecule has 1 heterocycles. The molecular weight excluding hydrogens is 236 g/mol. The van der Waals surface area contributed by atoms with Crippen LogP contribution in [0.3, 0.4) is 0 Å². The van der Waals surface area contributed by atoms with Gasteiger partial charge in [-0.25, -0.2) is 0 Å². The molecule has 3 rings (SSSR count). The van der Waals surface area contributed by atoms with Gasteiger partial charge in [-0.1, -0.05) is 27.2 Å². The molecule has 2 unspecified atom stereocenters. The number of carbonyl (C=O) groups excluding carboxylic acids is 1. The summed E-state index contributed by atoms with van der Waals surface area (Å²) in [6.45, 7) is 7.63. The van der Waals surface area contributed by atoms with Crippen LogP contribution in [-0.2, 0) is 4.79 Å². The van der Waals surface area contributed by atoms with Crippen molar-refractivity contribution < 1.29 is 4.79 Å². The second-order valence-corrected chi connectivity index (χ2v) is 7.30. The van der Waals surface area contributed by atoms with Gasteiger partial charge in [0, 0.05) is 6.54 Å². The first-order valence-electron chi connectivity index (χ1n) is 8.14. The van der Waals surface area contributed by atoms with E-state index in [-0.39, 0.29) is 12.2 Å². The maximum absolute atomic E-state index is 12.6. The molecule has 3 aliphatic rings. The van der Waals surface area contributed by atoms with E-state index >= 15 is 0 Å². The molecule has 0 spiro atoms. The summed E-state index contributed by atoms with van der Waals surface area (Å²) in [5.74, 6) is 1.80. The Bertz CT molecular complexity index is 358. The van der Waals surface area contributed by atoms with Crippen molar-refractivity contribution in [2.45, 2.75) is 71.5 Å². The smallest absolute Gasteiger partial charge is 0.241 e. The van der Waals surface area contributed by atoms with Crippen LogP contribution in [0.4, 0.5) is 0 Å². The van der Waals surface area contributed by atoms with Crippen molar-refractivity contribution in [1.82, 2.24) is 10.2 Å². The SMILES string of the molecule is CCCC1NC(C(C)C)N(CC2(C3CC3)CC2)C1=O. The molecule has 2 aliphatic carbocycles. The minimum Gasteiger partial charge on any atom is -0.325 e. The predicted molar refractivity (Wildman–Crippen MR) is 76.6 cm³/mol. The Labute approximate surface area is 117 Å². The fourth-order valence-corrected chi connectivity index (χ4v) is 3.82. The lowest BCUT2D eigenvalue weighted by Gasteiger charge is -2.31. The van der Waals surface area contributed by atoms with Crippen molar-refractivity contribution in [3.63, 3.8) is 0 Å². The molecule has 2 saturated carbocycles. The second-order valence-electron chi connectivity index (χ2n) is 7.30. The van der Waals surface area contributed by atoms with Gasteiger partial charge < -0.3 is 4.90 Å². The zero-order valence-electron chi connectivity index (χ0n) is 12.6. The van der Waals surface area contributed by atoms with Gasteiger partial charge in [-0.2, -0.15) is 0 Å². The van der Waals surface area contributed by atoms with E-state index in [0.717, 1.165) is 25.3 Å². The standard InChI is InChI=1S/C16H28N2O/c1-4-5-13-15(19)18(14(17-13)11(2)3)10-16(8-9-16)12-6-7-12/h11-14,17H,4-10H2,1-3H3. The number of nitrogens with one attached hydrogen (secondary N) is 1. The first kappa shape index (κ1) is 13.4. The summed E-state index contributed by atoms with van der Waals surface area (Å²) in [6, 6.07) is 0.0763. The molecule has 1 N–H and O–H groups in total. The minimum atomic E-state index is 0.0763. The van der Waals surface area contributed by atoms with Gasteiger partial charge in [-0.05, 0) is 49.4 Å². The Morgan fingerprint density at radius 2 is 2.05 bits per heavy atom. The highest BCUT2D eigenvalue weighted by atomic mass is 16.2. The Hall–Kier alpha value is -0.570. The van der Waals surface area contributed by atoms with Crippen molar-refractivity contribution in [3.05, 3.63) is 0 Å². The van der Waals surface area contributed by atoms with Crippen LogP contribution in [0.15, 0.2) is 0 Å². The van der Waals surface area contributed by atoms with Crippen LogP contribution >= 0.6 is 0 Å². The largest absolute Gasteiger partial charge is 0.325 e. The number of amides is 1. The normalized spacial score (nSPS) is 33.3. The highest BCUT2D eigenvalue weighted by Gasteiger charge is 2.56. The Balaban J connectivity index is 1.71. The molecule has 1 aliphatic heterocycles.